The maximum absolute atomic E-state index is 13.4. The molecule has 0 atom stereocenters. The number of halogens is 1. The highest BCUT2D eigenvalue weighted by atomic mass is 19.1. The van der Waals surface area contributed by atoms with Gasteiger partial charge in [0.05, 0.1) is 5.69 Å². The predicted molar refractivity (Wildman–Crippen MR) is 111 cm³/mol. The first-order valence-corrected chi connectivity index (χ1v) is 9.22. The van der Waals surface area contributed by atoms with Crippen LogP contribution in [0.15, 0.2) is 48.8 Å². The molecule has 0 saturated carbocycles. The van der Waals surface area contributed by atoms with Crippen molar-refractivity contribution in [3.05, 3.63) is 60.2 Å². The fourth-order valence-corrected chi connectivity index (χ4v) is 2.75. The van der Waals surface area contributed by atoms with Crippen LogP contribution in [-0.4, -0.2) is 47.0 Å². The third-order valence-electron chi connectivity index (χ3n) is 4.20. The summed E-state index contributed by atoms with van der Waals surface area (Å²) in [5, 5.41) is 6.56. The monoisotopic (exact) mass is 380 g/mol. The first-order chi connectivity index (χ1) is 13.5. The molecule has 0 aliphatic rings. The third-order valence-corrected chi connectivity index (χ3v) is 4.20. The van der Waals surface area contributed by atoms with Crippen molar-refractivity contribution in [3.63, 3.8) is 0 Å². The zero-order valence-electron chi connectivity index (χ0n) is 16.4. The molecular formula is C21H25FN6. The van der Waals surface area contributed by atoms with Crippen LogP contribution in [-0.2, 0) is 0 Å². The molecular weight excluding hydrogens is 355 g/mol. The molecule has 7 heteroatoms. The molecule has 0 bridgehead atoms. The Kier molecular flexibility index (Phi) is 6.49. The van der Waals surface area contributed by atoms with Crippen LogP contribution in [0, 0.1) is 12.7 Å². The second-order valence-electron chi connectivity index (χ2n) is 6.87. The van der Waals surface area contributed by atoms with Crippen molar-refractivity contribution in [3.8, 4) is 11.3 Å². The van der Waals surface area contributed by atoms with Gasteiger partial charge >= 0.3 is 0 Å². The summed E-state index contributed by atoms with van der Waals surface area (Å²) in [6, 6.07) is 10.3. The van der Waals surface area contributed by atoms with Crippen molar-refractivity contribution in [2.24, 2.45) is 0 Å². The highest BCUT2D eigenvalue weighted by molar-refractivity contribution is 5.68. The quantitative estimate of drug-likeness (QED) is 0.574. The summed E-state index contributed by atoms with van der Waals surface area (Å²) >= 11 is 0. The third kappa shape index (κ3) is 5.47. The smallest absolute Gasteiger partial charge is 0.225 e. The Labute approximate surface area is 164 Å². The molecule has 2 N–H and O–H groups in total. The largest absolute Gasteiger partial charge is 0.354 e. The summed E-state index contributed by atoms with van der Waals surface area (Å²) in [5.74, 6) is 0.922. The molecule has 3 rings (SSSR count). The number of nitrogens with one attached hydrogen (secondary N) is 2. The van der Waals surface area contributed by atoms with Crippen LogP contribution in [0.3, 0.4) is 0 Å². The first kappa shape index (κ1) is 19.7. The lowest BCUT2D eigenvalue weighted by Gasteiger charge is -2.13. The van der Waals surface area contributed by atoms with E-state index in [1.54, 1.807) is 18.5 Å². The van der Waals surface area contributed by atoms with Crippen molar-refractivity contribution >= 4 is 17.5 Å². The Morgan fingerprint density at radius 3 is 2.68 bits per heavy atom. The van der Waals surface area contributed by atoms with Gasteiger partial charge in [0, 0.05) is 36.3 Å². The molecule has 146 valence electrons. The number of hydrogen-bond donors (Lipinski definition) is 2. The zero-order chi connectivity index (χ0) is 19.9. The van der Waals surface area contributed by atoms with Crippen LogP contribution in [0.1, 0.15) is 12.0 Å². The maximum atomic E-state index is 13.4. The van der Waals surface area contributed by atoms with E-state index in [0.29, 0.717) is 11.8 Å². The van der Waals surface area contributed by atoms with Crippen LogP contribution >= 0.6 is 0 Å². The highest BCUT2D eigenvalue weighted by Gasteiger charge is 2.09. The number of aryl methyl sites for hydroxylation is 1. The first-order valence-electron chi connectivity index (χ1n) is 9.22. The van der Waals surface area contributed by atoms with E-state index < -0.39 is 0 Å². The second-order valence-corrected chi connectivity index (χ2v) is 6.87. The average Bonchev–Trinajstić information content (AvgIpc) is 2.68. The standard InChI is InChI=1S/C21H25FN6/c1-15-12-17(22)7-8-18(15)25-20-13-19(16-6-4-9-23-14-16)26-21(27-20)24-10-5-11-28(2)3/h4,6-9,12-14H,5,10-11H2,1-3H3,(H2,24,25,26,27). The van der Waals surface area contributed by atoms with E-state index in [0.717, 1.165) is 42.0 Å². The van der Waals surface area contributed by atoms with Gasteiger partial charge in [0.1, 0.15) is 11.6 Å². The molecule has 0 saturated heterocycles. The van der Waals surface area contributed by atoms with Gasteiger partial charge in [0.2, 0.25) is 5.95 Å². The summed E-state index contributed by atoms with van der Waals surface area (Å²) in [4.78, 5) is 15.5. The molecule has 2 heterocycles. The van der Waals surface area contributed by atoms with Crippen molar-refractivity contribution in [1.82, 2.24) is 19.9 Å². The fourth-order valence-electron chi connectivity index (χ4n) is 2.75. The van der Waals surface area contributed by atoms with Gasteiger partial charge in [0.25, 0.3) is 0 Å². The minimum Gasteiger partial charge on any atom is -0.354 e. The number of anilines is 3. The maximum Gasteiger partial charge on any atom is 0.225 e. The van der Waals surface area contributed by atoms with Gasteiger partial charge in [-0.05, 0) is 69.9 Å². The number of nitrogens with zero attached hydrogens (tertiary/aromatic N) is 4. The number of hydrogen-bond acceptors (Lipinski definition) is 6. The van der Waals surface area contributed by atoms with E-state index in [1.165, 1.54) is 12.1 Å². The van der Waals surface area contributed by atoms with Crippen molar-refractivity contribution in [2.45, 2.75) is 13.3 Å². The predicted octanol–water partition coefficient (Wildman–Crippen LogP) is 4.09. The second kappa shape index (κ2) is 9.23. The topological polar surface area (TPSA) is 66.0 Å². The van der Waals surface area contributed by atoms with E-state index in [1.807, 2.05) is 39.2 Å². The van der Waals surface area contributed by atoms with E-state index in [2.05, 4.69) is 30.5 Å². The Balaban J connectivity index is 1.86. The van der Waals surface area contributed by atoms with Gasteiger partial charge in [-0.1, -0.05) is 0 Å². The molecule has 3 aromatic rings. The van der Waals surface area contributed by atoms with Crippen LogP contribution in [0.2, 0.25) is 0 Å². The molecule has 0 amide bonds. The van der Waals surface area contributed by atoms with E-state index in [4.69, 9.17) is 0 Å². The summed E-state index contributed by atoms with van der Waals surface area (Å²) in [6.45, 7) is 3.61. The molecule has 6 nitrogen and oxygen atoms in total. The summed E-state index contributed by atoms with van der Waals surface area (Å²) in [6.07, 6.45) is 4.48. The van der Waals surface area contributed by atoms with Crippen molar-refractivity contribution in [1.29, 1.82) is 0 Å². The normalized spacial score (nSPS) is 10.9. The fraction of sp³-hybridized carbons (Fsp3) is 0.286. The SMILES string of the molecule is Cc1cc(F)ccc1Nc1cc(-c2cccnc2)nc(NCCCN(C)C)n1. The van der Waals surface area contributed by atoms with Gasteiger partial charge in [-0.25, -0.2) is 9.37 Å². The number of pyridine rings is 1. The van der Waals surface area contributed by atoms with Crippen LogP contribution in [0.25, 0.3) is 11.3 Å². The van der Waals surface area contributed by atoms with Crippen molar-refractivity contribution < 1.29 is 4.39 Å². The summed E-state index contributed by atoms with van der Waals surface area (Å²) in [5.41, 5.74) is 3.28. The molecule has 0 radical (unpaired) electrons. The average molecular weight is 380 g/mol. The van der Waals surface area contributed by atoms with Gasteiger partial charge in [-0.2, -0.15) is 4.98 Å². The summed E-state index contributed by atoms with van der Waals surface area (Å²) in [7, 11) is 4.10. The molecule has 28 heavy (non-hydrogen) atoms. The van der Waals surface area contributed by atoms with Gasteiger partial charge in [0.15, 0.2) is 0 Å². The highest BCUT2D eigenvalue weighted by Crippen LogP contribution is 2.25. The van der Waals surface area contributed by atoms with Gasteiger partial charge < -0.3 is 15.5 Å². The zero-order valence-corrected chi connectivity index (χ0v) is 16.4. The van der Waals surface area contributed by atoms with Gasteiger partial charge in [-0.15, -0.1) is 0 Å². The summed E-state index contributed by atoms with van der Waals surface area (Å²) < 4.78 is 13.4. The lowest BCUT2D eigenvalue weighted by molar-refractivity contribution is 0.405. The van der Waals surface area contributed by atoms with Crippen LogP contribution in [0.5, 0.6) is 0 Å². The number of rotatable bonds is 8. The molecule has 2 aromatic heterocycles. The van der Waals surface area contributed by atoms with Crippen LogP contribution in [0.4, 0.5) is 21.8 Å². The molecule has 0 spiro atoms. The Hall–Kier alpha value is -3.06. The minimum atomic E-state index is -0.259. The van der Waals surface area contributed by atoms with Gasteiger partial charge in [-0.3, -0.25) is 4.98 Å². The minimum absolute atomic E-state index is 0.259. The molecule has 0 aliphatic carbocycles. The van der Waals surface area contributed by atoms with E-state index in [9.17, 15) is 4.39 Å². The van der Waals surface area contributed by atoms with E-state index in [-0.39, 0.29) is 5.82 Å². The number of benzene rings is 1. The molecule has 1 aromatic carbocycles. The Morgan fingerprint density at radius 1 is 1.11 bits per heavy atom. The van der Waals surface area contributed by atoms with Crippen molar-refractivity contribution in [2.75, 3.05) is 37.8 Å². The number of aromatic nitrogens is 3. The lowest BCUT2D eigenvalue weighted by Crippen LogP contribution is -2.17. The lowest BCUT2D eigenvalue weighted by atomic mass is 10.2. The Morgan fingerprint density at radius 2 is 1.96 bits per heavy atom. The van der Waals surface area contributed by atoms with Crippen LogP contribution < -0.4 is 10.6 Å². The molecule has 0 unspecified atom stereocenters. The van der Waals surface area contributed by atoms with E-state index >= 15 is 0 Å². The molecule has 0 fully saturated rings. The molecule has 0 aliphatic heterocycles. The Bertz CT molecular complexity index is 914.